The van der Waals surface area contributed by atoms with Gasteiger partial charge in [0.2, 0.25) is 0 Å². The summed E-state index contributed by atoms with van der Waals surface area (Å²) in [7, 11) is 2.03. The largest absolute Gasteiger partial charge is 0.305 e. The Hall–Kier alpha value is -0.150. The molecule has 0 aromatic heterocycles. The fourth-order valence-electron chi connectivity index (χ4n) is 1.02. The molecule has 0 bridgehead atoms. The van der Waals surface area contributed by atoms with Crippen molar-refractivity contribution in [1.82, 2.24) is 10.0 Å². The molecule has 1 heterocycles. The van der Waals surface area contributed by atoms with E-state index in [9.17, 15) is 4.48 Å². The summed E-state index contributed by atoms with van der Waals surface area (Å²) in [5.74, 6) is 0. The first-order valence-electron chi connectivity index (χ1n) is 3.38. The quantitative estimate of drug-likeness (QED) is 0.443. The number of hydrogen-bond donors (Lipinski definition) is 0. The van der Waals surface area contributed by atoms with E-state index in [0.29, 0.717) is 13.1 Å². The summed E-state index contributed by atoms with van der Waals surface area (Å²) in [6.07, 6.45) is 0.951. The molecule has 0 N–H and O–H groups in total. The summed E-state index contributed by atoms with van der Waals surface area (Å²) in [6, 6.07) is 0. The highest BCUT2D eigenvalue weighted by molar-refractivity contribution is 4.60. The summed E-state index contributed by atoms with van der Waals surface area (Å²) in [6.45, 7) is 3.05. The molecule has 54 valence electrons. The van der Waals surface area contributed by atoms with Gasteiger partial charge in [0.15, 0.2) is 0 Å². The Bertz CT molecular complexity index is 77.1. The first-order chi connectivity index (χ1) is 4.29. The van der Waals surface area contributed by atoms with Crippen molar-refractivity contribution in [2.45, 2.75) is 6.42 Å². The smallest absolute Gasteiger partial charge is 0.0418 e. The molecule has 3 heteroatoms. The minimum Gasteiger partial charge on any atom is -0.305 e. The topological polar surface area (TPSA) is 6.48 Å². The van der Waals surface area contributed by atoms with Crippen molar-refractivity contribution < 1.29 is 4.48 Å². The van der Waals surface area contributed by atoms with Crippen LogP contribution in [0, 0.1) is 0 Å². The Morgan fingerprint density at radius 3 is 2.67 bits per heavy atom. The van der Waals surface area contributed by atoms with Crippen molar-refractivity contribution in [2.75, 3.05) is 33.2 Å². The van der Waals surface area contributed by atoms with Gasteiger partial charge < -0.3 is 4.90 Å². The van der Waals surface area contributed by atoms with Crippen molar-refractivity contribution in [3.05, 3.63) is 0 Å². The van der Waals surface area contributed by atoms with Crippen LogP contribution < -0.4 is 0 Å². The second kappa shape index (κ2) is 3.13. The number of rotatable bonds is 0. The van der Waals surface area contributed by atoms with Crippen LogP contribution in [0.3, 0.4) is 0 Å². The third kappa shape index (κ3) is 2.28. The van der Waals surface area contributed by atoms with Crippen LogP contribution in [0.5, 0.6) is 0 Å². The Kier molecular flexibility index (Phi) is 2.42. The van der Waals surface area contributed by atoms with Crippen molar-refractivity contribution in [3.63, 3.8) is 0 Å². The van der Waals surface area contributed by atoms with Crippen LogP contribution in [0.1, 0.15) is 6.42 Å². The Morgan fingerprint density at radius 1 is 1.11 bits per heavy atom. The van der Waals surface area contributed by atoms with Crippen molar-refractivity contribution in [2.24, 2.45) is 0 Å². The van der Waals surface area contributed by atoms with Crippen molar-refractivity contribution in [3.8, 4) is 0 Å². The Morgan fingerprint density at radius 2 is 1.89 bits per heavy atom. The number of hydrogen-bond acceptors (Lipinski definition) is 2. The van der Waals surface area contributed by atoms with E-state index >= 15 is 0 Å². The first-order valence-corrected chi connectivity index (χ1v) is 3.38. The first kappa shape index (κ1) is 6.96. The second-order valence-electron chi connectivity index (χ2n) is 2.57. The highest BCUT2D eigenvalue weighted by Gasteiger charge is 2.09. The van der Waals surface area contributed by atoms with E-state index in [4.69, 9.17) is 0 Å². The highest BCUT2D eigenvalue weighted by atomic mass is 19.2. The number of likely N-dealkylation sites (N-methyl/N-ethyl adjacent to an activating group) is 1. The van der Waals surface area contributed by atoms with Crippen LogP contribution in [-0.2, 0) is 0 Å². The Labute approximate surface area is 55.2 Å². The van der Waals surface area contributed by atoms with Crippen LogP contribution in [0.15, 0.2) is 0 Å². The number of nitrogens with zero attached hydrogens (tertiary/aromatic N) is 2. The van der Waals surface area contributed by atoms with Gasteiger partial charge in [-0.2, -0.15) is 0 Å². The van der Waals surface area contributed by atoms with Crippen LogP contribution in [0.4, 0.5) is 4.48 Å². The van der Waals surface area contributed by atoms with E-state index < -0.39 is 0 Å². The second-order valence-corrected chi connectivity index (χ2v) is 2.57. The lowest BCUT2D eigenvalue weighted by atomic mass is 10.4. The zero-order valence-corrected chi connectivity index (χ0v) is 5.81. The molecule has 0 unspecified atom stereocenters. The van der Waals surface area contributed by atoms with Gasteiger partial charge in [0.05, 0.1) is 0 Å². The molecule has 2 nitrogen and oxygen atoms in total. The minimum absolute atomic E-state index is 0.566. The molecule has 1 rings (SSSR count). The monoisotopic (exact) mass is 132 g/mol. The van der Waals surface area contributed by atoms with E-state index in [0.717, 1.165) is 24.6 Å². The number of halogens is 1. The van der Waals surface area contributed by atoms with Crippen LogP contribution in [-0.4, -0.2) is 43.2 Å². The van der Waals surface area contributed by atoms with Gasteiger partial charge in [0, 0.05) is 19.6 Å². The third-order valence-electron chi connectivity index (χ3n) is 1.66. The average Bonchev–Trinajstić information content (AvgIpc) is 1.97. The molecule has 1 aliphatic heterocycles. The van der Waals surface area contributed by atoms with Gasteiger partial charge in [0.25, 0.3) is 0 Å². The highest BCUT2D eigenvalue weighted by Crippen LogP contribution is 1.99. The molecule has 0 spiro atoms. The fraction of sp³-hybridized carbons (Fsp3) is 1.00. The summed E-state index contributed by atoms with van der Waals surface area (Å²) in [5.41, 5.74) is 0. The Balaban J connectivity index is 2.25. The molecule has 0 atom stereocenters. The molecule has 0 radical (unpaired) electrons. The van der Waals surface area contributed by atoms with E-state index in [1.54, 1.807) is 0 Å². The van der Waals surface area contributed by atoms with Crippen LogP contribution >= 0.6 is 0 Å². The molecule has 0 aliphatic carbocycles. The summed E-state index contributed by atoms with van der Waals surface area (Å²) in [4.78, 5) is 2.15. The third-order valence-corrected chi connectivity index (χ3v) is 1.66. The van der Waals surface area contributed by atoms with E-state index in [1.165, 1.54) is 0 Å². The lowest BCUT2D eigenvalue weighted by Gasteiger charge is -2.10. The van der Waals surface area contributed by atoms with Gasteiger partial charge in [-0.05, 0) is 20.0 Å². The van der Waals surface area contributed by atoms with Gasteiger partial charge in [-0.1, -0.05) is 0 Å². The predicted molar refractivity (Wildman–Crippen MR) is 34.8 cm³/mol. The molecule has 1 saturated heterocycles. The van der Waals surface area contributed by atoms with Gasteiger partial charge in [0.1, 0.15) is 0 Å². The molecule has 0 saturated carbocycles. The average molecular weight is 132 g/mol. The van der Waals surface area contributed by atoms with E-state index in [1.807, 2.05) is 7.05 Å². The molecule has 0 aromatic carbocycles. The SMILES string of the molecule is CN1CCCN(F)CC1. The standard InChI is InChI=1S/C6H13FN2/c1-8-3-2-4-9(7)6-5-8/h2-6H2,1H3. The summed E-state index contributed by atoms with van der Waals surface area (Å²) < 4.78 is 12.4. The zero-order chi connectivity index (χ0) is 6.69. The molecular weight excluding hydrogens is 119 g/mol. The zero-order valence-electron chi connectivity index (χ0n) is 5.81. The molecule has 1 fully saturated rings. The lowest BCUT2D eigenvalue weighted by Crippen LogP contribution is -2.23. The van der Waals surface area contributed by atoms with Crippen molar-refractivity contribution in [1.29, 1.82) is 0 Å². The normalized spacial score (nSPS) is 26.0. The predicted octanol–water partition coefficient (Wildman–Crippen LogP) is 0.508. The summed E-state index contributed by atoms with van der Waals surface area (Å²) in [5, 5.41) is 0.892. The maximum Gasteiger partial charge on any atom is 0.0418 e. The van der Waals surface area contributed by atoms with E-state index in [2.05, 4.69) is 4.90 Å². The maximum absolute atomic E-state index is 12.4. The fourth-order valence-corrected chi connectivity index (χ4v) is 1.02. The molecule has 0 amide bonds. The van der Waals surface area contributed by atoms with Crippen LogP contribution in [0.2, 0.25) is 0 Å². The van der Waals surface area contributed by atoms with E-state index in [-0.39, 0.29) is 0 Å². The molecule has 0 aromatic rings. The van der Waals surface area contributed by atoms with Gasteiger partial charge in [-0.15, -0.1) is 9.60 Å². The molecule has 9 heavy (non-hydrogen) atoms. The molecule has 1 aliphatic rings. The van der Waals surface area contributed by atoms with Gasteiger partial charge in [-0.3, -0.25) is 0 Å². The maximum atomic E-state index is 12.4. The van der Waals surface area contributed by atoms with Gasteiger partial charge in [-0.25, -0.2) is 0 Å². The van der Waals surface area contributed by atoms with Crippen LogP contribution in [0.25, 0.3) is 0 Å². The minimum atomic E-state index is 0.566. The van der Waals surface area contributed by atoms with Crippen molar-refractivity contribution >= 4 is 0 Å². The van der Waals surface area contributed by atoms with Gasteiger partial charge >= 0.3 is 0 Å². The summed E-state index contributed by atoms with van der Waals surface area (Å²) >= 11 is 0. The molecular formula is C6H13FN2. The lowest BCUT2D eigenvalue weighted by molar-refractivity contribution is 0.0314.